The van der Waals surface area contributed by atoms with Gasteiger partial charge < -0.3 is 14.4 Å². The Balaban J connectivity index is 1.35. The van der Waals surface area contributed by atoms with E-state index in [2.05, 4.69) is 29.2 Å². The van der Waals surface area contributed by atoms with Crippen molar-refractivity contribution in [2.45, 2.75) is 43.6 Å². The summed E-state index contributed by atoms with van der Waals surface area (Å²) in [7, 11) is 0. The van der Waals surface area contributed by atoms with Gasteiger partial charge in [-0.15, -0.1) is 0 Å². The summed E-state index contributed by atoms with van der Waals surface area (Å²) in [6.07, 6.45) is 9.53. The van der Waals surface area contributed by atoms with Gasteiger partial charge in [-0.3, -0.25) is 4.79 Å². The predicted molar refractivity (Wildman–Crippen MR) is 117 cm³/mol. The molecule has 4 nitrogen and oxygen atoms in total. The Hall–Kier alpha value is -2.75. The molecule has 0 radical (unpaired) electrons. The molecule has 1 heterocycles. The van der Waals surface area contributed by atoms with Crippen LogP contribution in [-0.4, -0.2) is 36.6 Å². The van der Waals surface area contributed by atoms with Crippen molar-refractivity contribution in [3.63, 3.8) is 0 Å². The maximum atomic E-state index is 13.8. The average Bonchev–Trinajstić information content (AvgIpc) is 3.61. The van der Waals surface area contributed by atoms with Crippen LogP contribution in [0.1, 0.15) is 37.7 Å². The number of carbonyl (C=O) groups excluding carboxylic acids is 1. The SMILES string of the molecule is O=C(N(C[C@@H]1CC=CCC1)C[C@@H]1COc2ccccc2O1)C1(c2ccccc2)CC1. The van der Waals surface area contributed by atoms with Crippen LogP contribution in [0.15, 0.2) is 66.7 Å². The van der Waals surface area contributed by atoms with Gasteiger partial charge in [0.15, 0.2) is 17.6 Å². The maximum Gasteiger partial charge on any atom is 0.233 e. The van der Waals surface area contributed by atoms with Crippen molar-refractivity contribution in [3.8, 4) is 11.5 Å². The van der Waals surface area contributed by atoms with Crippen LogP contribution in [0.3, 0.4) is 0 Å². The van der Waals surface area contributed by atoms with Gasteiger partial charge in [-0.05, 0) is 55.7 Å². The number of benzene rings is 2. The molecule has 1 saturated carbocycles. The molecule has 0 bridgehead atoms. The second kappa shape index (κ2) is 8.17. The van der Waals surface area contributed by atoms with E-state index in [4.69, 9.17) is 9.47 Å². The summed E-state index contributed by atoms with van der Waals surface area (Å²) < 4.78 is 12.1. The smallest absolute Gasteiger partial charge is 0.233 e. The minimum atomic E-state index is -0.348. The molecule has 0 unspecified atom stereocenters. The number of ether oxygens (including phenoxy) is 2. The number of fused-ring (bicyclic) bond motifs is 1. The number of hydrogen-bond donors (Lipinski definition) is 0. The lowest BCUT2D eigenvalue weighted by Crippen LogP contribution is -2.49. The van der Waals surface area contributed by atoms with Gasteiger partial charge in [0.2, 0.25) is 5.91 Å². The number of hydrogen-bond acceptors (Lipinski definition) is 3. The molecule has 2 aromatic rings. The van der Waals surface area contributed by atoms with Crippen LogP contribution in [0.5, 0.6) is 11.5 Å². The molecule has 2 aliphatic carbocycles. The van der Waals surface area contributed by atoms with E-state index in [0.29, 0.717) is 19.1 Å². The Bertz CT molecular complexity index is 919. The van der Waals surface area contributed by atoms with E-state index in [1.165, 1.54) is 0 Å². The molecule has 1 amide bonds. The minimum Gasteiger partial charge on any atom is -0.486 e. The third-order valence-electron chi connectivity index (χ3n) is 6.62. The Kier molecular flexibility index (Phi) is 5.24. The van der Waals surface area contributed by atoms with Crippen molar-refractivity contribution in [1.82, 2.24) is 4.90 Å². The van der Waals surface area contributed by atoms with E-state index in [0.717, 1.165) is 55.7 Å². The largest absolute Gasteiger partial charge is 0.486 e. The van der Waals surface area contributed by atoms with E-state index >= 15 is 0 Å². The van der Waals surface area contributed by atoms with Crippen LogP contribution in [0.25, 0.3) is 0 Å². The fourth-order valence-electron chi connectivity index (χ4n) is 4.78. The number of rotatable bonds is 6. The molecule has 1 fully saturated rings. The first-order chi connectivity index (χ1) is 14.7. The van der Waals surface area contributed by atoms with Crippen LogP contribution in [0, 0.1) is 5.92 Å². The van der Waals surface area contributed by atoms with E-state index in [1.54, 1.807) is 0 Å². The monoisotopic (exact) mass is 403 g/mol. The minimum absolute atomic E-state index is 0.144. The summed E-state index contributed by atoms with van der Waals surface area (Å²) in [5.74, 6) is 2.32. The Labute approximate surface area is 178 Å². The molecule has 0 aromatic heterocycles. The van der Waals surface area contributed by atoms with E-state index in [9.17, 15) is 4.79 Å². The van der Waals surface area contributed by atoms with Gasteiger partial charge in [0.05, 0.1) is 12.0 Å². The van der Waals surface area contributed by atoms with Crippen molar-refractivity contribution < 1.29 is 14.3 Å². The number of para-hydroxylation sites is 2. The number of amides is 1. The molecule has 2 aromatic carbocycles. The lowest BCUT2D eigenvalue weighted by atomic mass is 9.91. The molecule has 0 spiro atoms. The summed E-state index contributed by atoms with van der Waals surface area (Å²) in [5.41, 5.74) is 0.800. The van der Waals surface area contributed by atoms with E-state index < -0.39 is 0 Å². The van der Waals surface area contributed by atoms with Gasteiger partial charge >= 0.3 is 0 Å². The van der Waals surface area contributed by atoms with Gasteiger partial charge in [0, 0.05) is 6.54 Å². The third kappa shape index (κ3) is 3.83. The molecule has 0 saturated heterocycles. The summed E-state index contributed by atoms with van der Waals surface area (Å²) in [6, 6.07) is 18.1. The fraction of sp³-hybridized carbons (Fsp3) is 0.423. The second-order valence-electron chi connectivity index (χ2n) is 8.81. The second-order valence-corrected chi connectivity index (χ2v) is 8.81. The zero-order valence-corrected chi connectivity index (χ0v) is 17.3. The van der Waals surface area contributed by atoms with Crippen molar-refractivity contribution in [1.29, 1.82) is 0 Å². The Morgan fingerprint density at radius 3 is 2.47 bits per heavy atom. The molecule has 1 aliphatic heterocycles. The molecule has 4 heteroatoms. The summed E-state index contributed by atoms with van der Waals surface area (Å²) in [4.78, 5) is 15.9. The lowest BCUT2D eigenvalue weighted by Gasteiger charge is -2.35. The van der Waals surface area contributed by atoms with E-state index in [1.807, 2.05) is 42.5 Å². The zero-order chi connectivity index (χ0) is 20.4. The number of nitrogens with zero attached hydrogens (tertiary/aromatic N) is 1. The molecule has 5 rings (SSSR count). The summed E-state index contributed by atoms with van der Waals surface area (Å²) in [5, 5.41) is 0. The highest BCUT2D eigenvalue weighted by Gasteiger charge is 2.53. The van der Waals surface area contributed by atoms with Crippen molar-refractivity contribution in [3.05, 3.63) is 72.3 Å². The Morgan fingerprint density at radius 1 is 0.967 bits per heavy atom. The summed E-state index contributed by atoms with van der Waals surface area (Å²) in [6.45, 7) is 1.84. The quantitative estimate of drug-likeness (QED) is 0.654. The third-order valence-corrected chi connectivity index (χ3v) is 6.62. The standard InChI is InChI=1S/C26H29NO3/c28-25(26(15-16-26)21-11-5-2-6-12-21)27(17-20-9-3-1-4-10-20)18-22-19-29-23-13-7-8-14-24(23)30-22/h1-3,5-8,11-14,20,22H,4,9-10,15-19H2/t20-,22-/m1/s1. The molecule has 156 valence electrons. The van der Waals surface area contributed by atoms with Gasteiger partial charge in [0.25, 0.3) is 0 Å². The molecule has 3 aliphatic rings. The lowest BCUT2D eigenvalue weighted by molar-refractivity contribution is -0.136. The first kappa shape index (κ1) is 19.2. The first-order valence-corrected chi connectivity index (χ1v) is 11.1. The maximum absolute atomic E-state index is 13.8. The van der Waals surface area contributed by atoms with Crippen LogP contribution < -0.4 is 9.47 Å². The van der Waals surface area contributed by atoms with Gasteiger partial charge in [-0.2, -0.15) is 0 Å². The average molecular weight is 404 g/mol. The van der Waals surface area contributed by atoms with Gasteiger partial charge in [-0.1, -0.05) is 54.6 Å². The highest BCUT2D eigenvalue weighted by Crippen LogP contribution is 2.50. The van der Waals surface area contributed by atoms with Crippen LogP contribution >= 0.6 is 0 Å². The first-order valence-electron chi connectivity index (χ1n) is 11.1. The van der Waals surface area contributed by atoms with Crippen molar-refractivity contribution in [2.75, 3.05) is 19.7 Å². The molecule has 2 atom stereocenters. The van der Waals surface area contributed by atoms with Crippen LogP contribution in [0.2, 0.25) is 0 Å². The molecular formula is C26H29NO3. The highest BCUT2D eigenvalue weighted by molar-refractivity contribution is 5.91. The number of carbonyl (C=O) groups is 1. The Morgan fingerprint density at radius 2 is 1.73 bits per heavy atom. The fourth-order valence-corrected chi connectivity index (χ4v) is 4.78. The molecular weight excluding hydrogens is 374 g/mol. The van der Waals surface area contributed by atoms with Crippen molar-refractivity contribution >= 4 is 5.91 Å². The van der Waals surface area contributed by atoms with Gasteiger partial charge in [-0.25, -0.2) is 0 Å². The normalized spacial score (nSPS) is 23.6. The van der Waals surface area contributed by atoms with Crippen LogP contribution in [-0.2, 0) is 10.2 Å². The van der Waals surface area contributed by atoms with Crippen molar-refractivity contribution in [2.24, 2.45) is 5.92 Å². The summed E-state index contributed by atoms with van der Waals surface area (Å²) >= 11 is 0. The molecule has 0 N–H and O–H groups in total. The highest BCUT2D eigenvalue weighted by atomic mass is 16.6. The van der Waals surface area contributed by atoms with Crippen LogP contribution in [0.4, 0.5) is 0 Å². The number of allylic oxidation sites excluding steroid dienone is 2. The van der Waals surface area contributed by atoms with Gasteiger partial charge in [0.1, 0.15) is 6.61 Å². The zero-order valence-electron chi connectivity index (χ0n) is 17.3. The van der Waals surface area contributed by atoms with E-state index in [-0.39, 0.29) is 17.4 Å². The molecule has 30 heavy (non-hydrogen) atoms. The predicted octanol–water partition coefficient (Wildman–Crippen LogP) is 4.74. The topological polar surface area (TPSA) is 38.8 Å².